The van der Waals surface area contributed by atoms with Crippen LogP contribution in [0.1, 0.15) is 36.0 Å². The Morgan fingerprint density at radius 2 is 1.70 bits per heavy atom. The van der Waals surface area contributed by atoms with Gasteiger partial charge in [-0.1, -0.05) is 25.0 Å². The summed E-state index contributed by atoms with van der Waals surface area (Å²) >= 11 is 0. The lowest BCUT2D eigenvalue weighted by Crippen LogP contribution is -2.61. The minimum atomic E-state index is -3.62. The van der Waals surface area contributed by atoms with Crippen molar-refractivity contribution in [2.24, 2.45) is 0 Å². The van der Waals surface area contributed by atoms with Crippen molar-refractivity contribution in [1.82, 2.24) is 4.31 Å². The molecule has 2 amide bonds. The number of anilines is 2. The summed E-state index contributed by atoms with van der Waals surface area (Å²) in [4.78, 5) is 40.2. The second-order valence-corrected chi connectivity index (χ2v) is 10.5. The third-order valence-corrected chi connectivity index (χ3v) is 7.95. The highest BCUT2D eigenvalue weighted by Gasteiger charge is 2.52. The van der Waals surface area contributed by atoms with Gasteiger partial charge in [0, 0.05) is 14.1 Å². The minimum Gasteiger partial charge on any atom is -0.452 e. The first kappa shape index (κ1) is 22.9. The maximum Gasteiger partial charge on any atom is 0.338 e. The first-order valence-electron chi connectivity index (χ1n) is 10.6. The number of esters is 1. The van der Waals surface area contributed by atoms with Gasteiger partial charge in [0.1, 0.15) is 5.54 Å². The Kier molecular flexibility index (Phi) is 5.98. The van der Waals surface area contributed by atoms with Gasteiger partial charge < -0.3 is 10.1 Å². The molecule has 0 radical (unpaired) electrons. The lowest BCUT2D eigenvalue weighted by molar-refractivity contribution is -0.129. The number of para-hydroxylation sites is 2. The maximum atomic E-state index is 13.2. The Morgan fingerprint density at radius 3 is 2.33 bits per heavy atom. The summed E-state index contributed by atoms with van der Waals surface area (Å²) in [6, 6.07) is 12.3. The number of fused-ring (bicyclic) bond motifs is 1. The van der Waals surface area contributed by atoms with E-state index in [0.29, 0.717) is 24.2 Å². The molecule has 0 saturated heterocycles. The summed E-state index contributed by atoms with van der Waals surface area (Å²) in [5, 5.41) is 2.90. The Labute approximate surface area is 192 Å². The summed E-state index contributed by atoms with van der Waals surface area (Å²) in [6.45, 7) is -0.542. The number of carbonyl (C=O) groups excluding carboxylic acids is 3. The van der Waals surface area contributed by atoms with E-state index in [9.17, 15) is 22.8 Å². The summed E-state index contributed by atoms with van der Waals surface area (Å²) in [7, 11) is -0.792. The van der Waals surface area contributed by atoms with Crippen LogP contribution in [0.4, 0.5) is 11.4 Å². The second-order valence-electron chi connectivity index (χ2n) is 8.33. The second kappa shape index (κ2) is 8.60. The van der Waals surface area contributed by atoms with E-state index >= 15 is 0 Å². The number of hydrogen-bond acceptors (Lipinski definition) is 6. The zero-order chi connectivity index (χ0) is 23.8. The molecule has 10 heteroatoms. The molecule has 9 nitrogen and oxygen atoms in total. The summed E-state index contributed by atoms with van der Waals surface area (Å²) < 4.78 is 30.7. The van der Waals surface area contributed by atoms with Crippen LogP contribution in [-0.2, 0) is 24.3 Å². The normalized spacial score (nSPS) is 17.1. The van der Waals surface area contributed by atoms with Crippen molar-refractivity contribution in [3.8, 4) is 0 Å². The van der Waals surface area contributed by atoms with E-state index in [-0.39, 0.29) is 16.4 Å². The fourth-order valence-corrected chi connectivity index (χ4v) is 5.28. The van der Waals surface area contributed by atoms with Gasteiger partial charge in [-0.15, -0.1) is 0 Å². The van der Waals surface area contributed by atoms with Gasteiger partial charge in [0.25, 0.3) is 11.8 Å². The van der Waals surface area contributed by atoms with Crippen molar-refractivity contribution in [2.75, 3.05) is 30.9 Å². The molecule has 4 rings (SSSR count). The molecule has 0 aromatic heterocycles. The van der Waals surface area contributed by atoms with Crippen LogP contribution in [-0.4, -0.2) is 56.7 Å². The van der Waals surface area contributed by atoms with E-state index in [2.05, 4.69) is 5.32 Å². The quantitative estimate of drug-likeness (QED) is 0.670. The number of amides is 2. The Hall–Kier alpha value is -3.24. The number of ether oxygens (including phenoxy) is 1. The van der Waals surface area contributed by atoms with Gasteiger partial charge in [-0.25, -0.2) is 17.5 Å². The van der Waals surface area contributed by atoms with E-state index in [0.717, 1.165) is 17.1 Å². The van der Waals surface area contributed by atoms with Gasteiger partial charge in [0.15, 0.2) is 6.61 Å². The molecule has 1 N–H and O–H groups in total. The van der Waals surface area contributed by atoms with E-state index < -0.39 is 34.0 Å². The average molecular weight is 472 g/mol. The molecule has 1 spiro atoms. The Balaban J connectivity index is 1.52. The highest BCUT2D eigenvalue weighted by atomic mass is 32.2. The molecule has 2 aromatic rings. The maximum absolute atomic E-state index is 13.2. The predicted molar refractivity (Wildman–Crippen MR) is 121 cm³/mol. The number of carbonyl (C=O) groups is 3. The zero-order valence-corrected chi connectivity index (χ0v) is 19.2. The van der Waals surface area contributed by atoms with Gasteiger partial charge in [0.2, 0.25) is 10.0 Å². The lowest BCUT2D eigenvalue weighted by Gasteiger charge is -2.44. The zero-order valence-electron chi connectivity index (χ0n) is 18.4. The highest BCUT2D eigenvalue weighted by molar-refractivity contribution is 7.89. The fraction of sp³-hybridized carbons (Fsp3) is 0.348. The number of hydrogen-bond donors (Lipinski definition) is 1. The van der Waals surface area contributed by atoms with E-state index in [1.54, 1.807) is 24.3 Å². The third kappa shape index (κ3) is 4.00. The van der Waals surface area contributed by atoms with Crippen LogP contribution in [0.25, 0.3) is 0 Å². The van der Waals surface area contributed by atoms with Crippen LogP contribution >= 0.6 is 0 Å². The lowest BCUT2D eigenvalue weighted by atomic mass is 9.90. The van der Waals surface area contributed by atoms with E-state index in [1.807, 2.05) is 0 Å². The smallest absolute Gasteiger partial charge is 0.338 e. The van der Waals surface area contributed by atoms with E-state index in [1.165, 1.54) is 43.3 Å². The summed E-state index contributed by atoms with van der Waals surface area (Å²) in [6.07, 6.45) is 2.71. The van der Waals surface area contributed by atoms with Crippen LogP contribution in [0.5, 0.6) is 0 Å². The van der Waals surface area contributed by atoms with Gasteiger partial charge in [-0.05, 0) is 49.2 Å². The number of sulfonamides is 1. The van der Waals surface area contributed by atoms with Crippen molar-refractivity contribution in [1.29, 1.82) is 0 Å². The molecular formula is C23H25N3O6S. The molecule has 2 aliphatic rings. The number of nitrogens with zero attached hydrogens (tertiary/aromatic N) is 2. The summed E-state index contributed by atoms with van der Waals surface area (Å²) in [5.74, 6) is -1.47. The first-order valence-corrected chi connectivity index (χ1v) is 12.0. The predicted octanol–water partition coefficient (Wildman–Crippen LogP) is 2.39. The number of rotatable bonds is 5. The van der Waals surface area contributed by atoms with Crippen molar-refractivity contribution < 1.29 is 27.5 Å². The molecule has 1 saturated carbocycles. The van der Waals surface area contributed by atoms with Gasteiger partial charge in [-0.2, -0.15) is 0 Å². The Morgan fingerprint density at radius 1 is 1.06 bits per heavy atom. The largest absolute Gasteiger partial charge is 0.452 e. The van der Waals surface area contributed by atoms with Crippen LogP contribution in [0, 0.1) is 0 Å². The van der Waals surface area contributed by atoms with Crippen molar-refractivity contribution in [3.05, 3.63) is 54.1 Å². The van der Waals surface area contributed by atoms with Crippen LogP contribution < -0.4 is 10.2 Å². The molecule has 1 fully saturated rings. The van der Waals surface area contributed by atoms with Gasteiger partial charge >= 0.3 is 5.97 Å². The molecule has 0 atom stereocenters. The number of benzene rings is 2. The molecule has 2 aromatic carbocycles. The molecule has 1 heterocycles. The minimum absolute atomic E-state index is 0.0410. The molecular weight excluding hydrogens is 446 g/mol. The van der Waals surface area contributed by atoms with Crippen LogP contribution in [0.15, 0.2) is 53.4 Å². The third-order valence-electron chi connectivity index (χ3n) is 6.12. The SMILES string of the molecule is CN(C)S(=O)(=O)c1ccc(C(=O)OCC(=O)N2c3ccccc3NC(=O)C23CCCC3)cc1. The Bertz CT molecular complexity index is 1200. The highest BCUT2D eigenvalue weighted by Crippen LogP contribution is 2.45. The number of nitrogens with one attached hydrogen (secondary N) is 1. The van der Waals surface area contributed by atoms with Gasteiger partial charge in [0.05, 0.1) is 21.8 Å². The molecule has 174 valence electrons. The van der Waals surface area contributed by atoms with Crippen molar-refractivity contribution in [3.63, 3.8) is 0 Å². The molecule has 1 aliphatic heterocycles. The molecule has 1 aliphatic carbocycles. The van der Waals surface area contributed by atoms with E-state index in [4.69, 9.17) is 4.74 Å². The molecule has 0 unspecified atom stereocenters. The van der Waals surface area contributed by atoms with Crippen molar-refractivity contribution >= 4 is 39.2 Å². The van der Waals surface area contributed by atoms with Gasteiger partial charge in [-0.3, -0.25) is 14.5 Å². The van der Waals surface area contributed by atoms with Crippen LogP contribution in [0.3, 0.4) is 0 Å². The average Bonchev–Trinajstić information content (AvgIpc) is 3.28. The monoisotopic (exact) mass is 471 g/mol. The molecule has 0 bridgehead atoms. The topological polar surface area (TPSA) is 113 Å². The first-order chi connectivity index (χ1) is 15.7. The summed E-state index contributed by atoms with van der Waals surface area (Å²) in [5.41, 5.74) is 0.253. The fourth-order valence-electron chi connectivity index (χ4n) is 4.38. The van der Waals surface area contributed by atoms with Crippen LogP contribution in [0.2, 0.25) is 0 Å². The standard InChI is InChI=1S/C23H25N3O6S/c1-25(2)33(30,31)17-11-9-16(10-12-17)21(28)32-15-20(27)26-19-8-4-3-7-18(19)24-22(29)23(26)13-5-6-14-23/h3-4,7-12H,5-6,13-15H2,1-2H3,(H,24,29). The molecule has 33 heavy (non-hydrogen) atoms. The van der Waals surface area contributed by atoms with Crippen molar-refractivity contribution in [2.45, 2.75) is 36.1 Å².